The van der Waals surface area contributed by atoms with E-state index in [1.165, 1.54) is 7.05 Å². The number of hydrogen-bond acceptors (Lipinski definition) is 3. The summed E-state index contributed by atoms with van der Waals surface area (Å²) in [6.07, 6.45) is 2.65. The molecule has 5 nitrogen and oxygen atoms in total. The van der Waals surface area contributed by atoms with Gasteiger partial charge in [0.05, 0.1) is 0 Å². The van der Waals surface area contributed by atoms with E-state index in [9.17, 15) is 14.4 Å². The molecule has 0 aromatic heterocycles. The van der Waals surface area contributed by atoms with E-state index in [1.54, 1.807) is 6.92 Å². The number of amides is 4. The van der Waals surface area contributed by atoms with E-state index >= 15 is 0 Å². The van der Waals surface area contributed by atoms with Gasteiger partial charge in [-0.05, 0) is 12.8 Å². The molecule has 0 aromatic carbocycles. The van der Waals surface area contributed by atoms with Gasteiger partial charge in [0.15, 0.2) is 0 Å². The first kappa shape index (κ1) is 12.7. The van der Waals surface area contributed by atoms with E-state index in [0.29, 0.717) is 12.8 Å². The van der Waals surface area contributed by atoms with Gasteiger partial charge in [0, 0.05) is 7.05 Å². The Morgan fingerprint density at radius 3 is 2.38 bits per heavy atom. The van der Waals surface area contributed by atoms with E-state index in [4.69, 9.17) is 0 Å². The molecule has 5 heteroatoms. The summed E-state index contributed by atoms with van der Waals surface area (Å²) in [5, 5.41) is 2.24. The first-order valence-electron chi connectivity index (χ1n) is 5.63. The Morgan fingerprint density at radius 1 is 1.25 bits per heavy atom. The third-order valence-corrected chi connectivity index (χ3v) is 3.23. The number of nitrogens with one attached hydrogen (secondary N) is 1. The predicted molar refractivity (Wildman–Crippen MR) is 58.6 cm³/mol. The highest BCUT2D eigenvalue weighted by molar-refractivity contribution is 6.18. The molecule has 1 N–H and O–H groups in total. The van der Waals surface area contributed by atoms with Crippen molar-refractivity contribution >= 4 is 17.8 Å². The van der Waals surface area contributed by atoms with Crippen LogP contribution in [0.25, 0.3) is 0 Å². The standard InChI is InChI=1S/C11H18N2O3/c1-4-6-7-11(5-2)8(14)12-10(16)13(3)9(11)15/h4-7H2,1-3H3,(H,12,14,16). The van der Waals surface area contributed by atoms with Crippen LogP contribution in [0, 0.1) is 5.41 Å². The molecule has 4 amide bonds. The van der Waals surface area contributed by atoms with E-state index in [0.717, 1.165) is 17.7 Å². The van der Waals surface area contributed by atoms with Crippen LogP contribution in [0.5, 0.6) is 0 Å². The zero-order chi connectivity index (χ0) is 12.3. The summed E-state index contributed by atoms with van der Waals surface area (Å²) in [5.74, 6) is -0.825. The Kier molecular flexibility index (Phi) is 3.67. The van der Waals surface area contributed by atoms with Crippen LogP contribution in [0.1, 0.15) is 39.5 Å². The summed E-state index contributed by atoms with van der Waals surface area (Å²) in [7, 11) is 1.40. The summed E-state index contributed by atoms with van der Waals surface area (Å²) in [4.78, 5) is 36.2. The molecule has 1 aliphatic heterocycles. The SMILES string of the molecule is CCCCC1(CC)C(=O)NC(=O)N(C)C1=O. The third-order valence-electron chi connectivity index (χ3n) is 3.23. The molecule has 0 bridgehead atoms. The first-order chi connectivity index (χ1) is 7.49. The number of unbranched alkanes of at least 4 members (excludes halogenated alkanes) is 1. The largest absolute Gasteiger partial charge is 0.330 e. The Morgan fingerprint density at radius 2 is 1.88 bits per heavy atom. The zero-order valence-electron chi connectivity index (χ0n) is 10.0. The Balaban J connectivity index is 3.01. The number of hydrogen-bond donors (Lipinski definition) is 1. The van der Waals surface area contributed by atoms with Gasteiger partial charge in [0.1, 0.15) is 5.41 Å². The quantitative estimate of drug-likeness (QED) is 0.734. The van der Waals surface area contributed by atoms with Crippen molar-refractivity contribution < 1.29 is 14.4 Å². The lowest BCUT2D eigenvalue weighted by atomic mass is 9.77. The molecule has 16 heavy (non-hydrogen) atoms. The van der Waals surface area contributed by atoms with Crippen LogP contribution < -0.4 is 5.32 Å². The number of barbiturate groups is 1. The molecule has 0 saturated carbocycles. The van der Waals surface area contributed by atoms with Gasteiger partial charge in [-0.2, -0.15) is 0 Å². The number of imide groups is 2. The normalized spacial score (nSPS) is 25.9. The molecule has 90 valence electrons. The van der Waals surface area contributed by atoms with E-state index < -0.39 is 17.4 Å². The minimum Gasteiger partial charge on any atom is -0.277 e. The monoisotopic (exact) mass is 226 g/mol. The average Bonchev–Trinajstić information content (AvgIpc) is 2.27. The molecule has 0 aliphatic carbocycles. The summed E-state index contributed by atoms with van der Waals surface area (Å²) in [5.41, 5.74) is -1.04. The van der Waals surface area contributed by atoms with Crippen molar-refractivity contribution in [2.75, 3.05) is 7.05 Å². The Bertz CT molecular complexity index is 327. The van der Waals surface area contributed by atoms with Gasteiger partial charge in [0.25, 0.3) is 0 Å². The average molecular weight is 226 g/mol. The lowest BCUT2D eigenvalue weighted by molar-refractivity contribution is -0.151. The molecule has 1 aliphatic rings. The molecule has 1 rings (SSSR count). The summed E-state index contributed by atoms with van der Waals surface area (Å²) in [6.45, 7) is 3.81. The van der Waals surface area contributed by atoms with Crippen molar-refractivity contribution in [1.82, 2.24) is 10.2 Å². The molecule has 1 fully saturated rings. The fourth-order valence-electron chi connectivity index (χ4n) is 2.00. The lowest BCUT2D eigenvalue weighted by Crippen LogP contribution is -2.62. The van der Waals surface area contributed by atoms with Crippen molar-refractivity contribution in [3.63, 3.8) is 0 Å². The molecule has 1 atom stereocenters. The van der Waals surface area contributed by atoms with Gasteiger partial charge < -0.3 is 0 Å². The van der Waals surface area contributed by atoms with Crippen LogP contribution in [0.3, 0.4) is 0 Å². The Labute approximate surface area is 95.2 Å². The summed E-state index contributed by atoms with van der Waals surface area (Å²) in [6, 6.07) is -0.629. The van der Waals surface area contributed by atoms with Crippen LogP contribution in [0.4, 0.5) is 4.79 Å². The Hall–Kier alpha value is -1.39. The van der Waals surface area contributed by atoms with Gasteiger partial charge in [-0.25, -0.2) is 4.79 Å². The van der Waals surface area contributed by atoms with Crippen LogP contribution >= 0.6 is 0 Å². The van der Waals surface area contributed by atoms with Crippen LogP contribution in [-0.4, -0.2) is 29.8 Å². The number of carbonyl (C=O) groups excluding carboxylic acids is 3. The van der Waals surface area contributed by atoms with Crippen molar-refractivity contribution in [1.29, 1.82) is 0 Å². The van der Waals surface area contributed by atoms with E-state index in [2.05, 4.69) is 5.32 Å². The first-order valence-corrected chi connectivity index (χ1v) is 5.63. The highest BCUT2D eigenvalue weighted by Gasteiger charge is 2.50. The van der Waals surface area contributed by atoms with E-state index in [-0.39, 0.29) is 5.91 Å². The van der Waals surface area contributed by atoms with Gasteiger partial charge in [-0.15, -0.1) is 0 Å². The van der Waals surface area contributed by atoms with E-state index in [1.807, 2.05) is 6.92 Å². The topological polar surface area (TPSA) is 66.5 Å². The maximum Gasteiger partial charge on any atom is 0.330 e. The second-order valence-corrected chi connectivity index (χ2v) is 4.16. The van der Waals surface area contributed by atoms with Gasteiger partial charge in [0.2, 0.25) is 11.8 Å². The maximum absolute atomic E-state index is 12.0. The van der Waals surface area contributed by atoms with Gasteiger partial charge in [-0.1, -0.05) is 26.7 Å². The number of carbonyl (C=O) groups is 3. The van der Waals surface area contributed by atoms with Gasteiger partial charge >= 0.3 is 6.03 Å². The van der Waals surface area contributed by atoms with Crippen LogP contribution in [-0.2, 0) is 9.59 Å². The fourth-order valence-corrected chi connectivity index (χ4v) is 2.00. The van der Waals surface area contributed by atoms with Crippen LogP contribution in [0.2, 0.25) is 0 Å². The molecule has 1 saturated heterocycles. The fraction of sp³-hybridized carbons (Fsp3) is 0.727. The molecule has 1 heterocycles. The molecule has 1 unspecified atom stereocenters. The van der Waals surface area contributed by atoms with Crippen molar-refractivity contribution in [3.05, 3.63) is 0 Å². The zero-order valence-corrected chi connectivity index (χ0v) is 10.0. The third kappa shape index (κ3) is 1.81. The molecule has 0 spiro atoms. The highest BCUT2D eigenvalue weighted by atomic mass is 16.2. The predicted octanol–water partition coefficient (Wildman–Crippen LogP) is 1.28. The number of urea groups is 1. The molecule has 0 aromatic rings. The minimum absolute atomic E-state index is 0.378. The lowest BCUT2D eigenvalue weighted by Gasteiger charge is -2.37. The molecular weight excluding hydrogens is 208 g/mol. The smallest absolute Gasteiger partial charge is 0.277 e. The highest BCUT2D eigenvalue weighted by Crippen LogP contribution is 2.33. The molecule has 0 radical (unpaired) electrons. The molecular formula is C11H18N2O3. The van der Waals surface area contributed by atoms with Gasteiger partial charge in [-0.3, -0.25) is 19.8 Å². The number of rotatable bonds is 4. The number of nitrogens with zero attached hydrogens (tertiary/aromatic N) is 1. The second kappa shape index (κ2) is 4.63. The van der Waals surface area contributed by atoms with Crippen molar-refractivity contribution in [2.45, 2.75) is 39.5 Å². The van der Waals surface area contributed by atoms with Crippen LogP contribution in [0.15, 0.2) is 0 Å². The second-order valence-electron chi connectivity index (χ2n) is 4.16. The van der Waals surface area contributed by atoms with Crippen molar-refractivity contribution in [3.8, 4) is 0 Å². The summed E-state index contributed by atoms with van der Waals surface area (Å²) < 4.78 is 0. The summed E-state index contributed by atoms with van der Waals surface area (Å²) >= 11 is 0. The maximum atomic E-state index is 12.0. The van der Waals surface area contributed by atoms with Crippen molar-refractivity contribution in [2.24, 2.45) is 5.41 Å². The minimum atomic E-state index is -1.04.